The topological polar surface area (TPSA) is 48.1 Å². The Balaban J connectivity index is 2.25. The molecule has 0 aliphatic carbocycles. The predicted molar refractivity (Wildman–Crippen MR) is 92.1 cm³/mol. The molecule has 0 spiro atoms. The second kappa shape index (κ2) is 5.72. The minimum atomic E-state index is -0.313. The average Bonchev–Trinajstić information content (AvgIpc) is 2.92. The average molecular weight is 306 g/mol. The summed E-state index contributed by atoms with van der Waals surface area (Å²) in [5.41, 5.74) is 5.77. The first-order valence-corrected chi connectivity index (χ1v) is 7.49. The van der Waals surface area contributed by atoms with Gasteiger partial charge in [-0.05, 0) is 50.1 Å². The molecular weight excluding hydrogens is 288 g/mol. The number of rotatable bonds is 3. The molecule has 0 atom stereocenters. The predicted octanol–water partition coefficient (Wildman–Crippen LogP) is 4.98. The van der Waals surface area contributed by atoms with E-state index in [4.69, 9.17) is 0 Å². The zero-order valence-corrected chi connectivity index (χ0v) is 13.4. The molecule has 0 amide bonds. The first-order chi connectivity index (χ1) is 11.0. The van der Waals surface area contributed by atoms with Gasteiger partial charge in [-0.25, -0.2) is 0 Å². The summed E-state index contributed by atoms with van der Waals surface area (Å²) in [6.07, 6.45) is 0. The number of hydrogen-bond donors (Lipinski definition) is 0. The molecule has 0 saturated carbocycles. The monoisotopic (exact) mass is 306 g/mol. The van der Waals surface area contributed by atoms with Crippen molar-refractivity contribution in [2.45, 2.75) is 20.8 Å². The molecule has 3 rings (SSSR count). The molecule has 116 valence electrons. The highest BCUT2D eigenvalue weighted by molar-refractivity contribution is 5.65. The summed E-state index contributed by atoms with van der Waals surface area (Å²) in [4.78, 5) is 11.0. The standard InChI is InChI=1S/C19H18N2O2/c1-13-11-17(12-19(15(13)3)21(22)23)20-14(2)9-10-18(20)16-7-5-4-6-8-16/h4-12H,1-3H3. The van der Waals surface area contributed by atoms with Crippen molar-refractivity contribution in [2.75, 3.05) is 0 Å². The zero-order chi connectivity index (χ0) is 16.6. The van der Waals surface area contributed by atoms with Gasteiger partial charge in [0.25, 0.3) is 5.69 Å². The maximum Gasteiger partial charge on any atom is 0.274 e. The van der Waals surface area contributed by atoms with Gasteiger partial charge in [0.2, 0.25) is 0 Å². The van der Waals surface area contributed by atoms with Crippen LogP contribution >= 0.6 is 0 Å². The molecule has 3 aromatic rings. The summed E-state index contributed by atoms with van der Waals surface area (Å²) in [7, 11) is 0. The highest BCUT2D eigenvalue weighted by Crippen LogP contribution is 2.31. The normalized spacial score (nSPS) is 10.7. The largest absolute Gasteiger partial charge is 0.314 e. The molecule has 2 aromatic carbocycles. The third-order valence-electron chi connectivity index (χ3n) is 4.23. The van der Waals surface area contributed by atoms with Crippen LogP contribution in [0.1, 0.15) is 16.8 Å². The maximum atomic E-state index is 11.3. The van der Waals surface area contributed by atoms with Crippen LogP contribution < -0.4 is 0 Å². The van der Waals surface area contributed by atoms with Gasteiger partial charge in [0.1, 0.15) is 0 Å². The van der Waals surface area contributed by atoms with Gasteiger partial charge in [0.05, 0.1) is 16.3 Å². The van der Waals surface area contributed by atoms with Crippen LogP contribution in [0.5, 0.6) is 0 Å². The molecule has 4 nitrogen and oxygen atoms in total. The molecule has 0 unspecified atom stereocenters. The quantitative estimate of drug-likeness (QED) is 0.506. The summed E-state index contributed by atoms with van der Waals surface area (Å²) in [5, 5.41) is 11.3. The van der Waals surface area contributed by atoms with Crippen LogP contribution in [0.4, 0.5) is 5.69 Å². The van der Waals surface area contributed by atoms with E-state index in [1.54, 1.807) is 13.0 Å². The van der Waals surface area contributed by atoms with E-state index in [-0.39, 0.29) is 10.6 Å². The third kappa shape index (κ3) is 2.63. The van der Waals surface area contributed by atoms with Gasteiger partial charge >= 0.3 is 0 Å². The van der Waals surface area contributed by atoms with Gasteiger partial charge < -0.3 is 4.57 Å². The van der Waals surface area contributed by atoms with Crippen molar-refractivity contribution >= 4 is 5.69 Å². The Labute approximate surface area is 135 Å². The molecule has 0 aliphatic rings. The molecular formula is C19H18N2O2. The van der Waals surface area contributed by atoms with E-state index >= 15 is 0 Å². The van der Waals surface area contributed by atoms with Crippen LogP contribution in [-0.2, 0) is 0 Å². The summed E-state index contributed by atoms with van der Waals surface area (Å²) >= 11 is 0. The molecule has 4 heteroatoms. The Bertz CT molecular complexity index is 880. The number of aryl methyl sites for hydroxylation is 2. The Hall–Kier alpha value is -2.88. The van der Waals surface area contributed by atoms with E-state index in [1.165, 1.54) is 0 Å². The molecule has 0 N–H and O–H groups in total. The van der Waals surface area contributed by atoms with Crippen molar-refractivity contribution in [1.82, 2.24) is 4.57 Å². The lowest BCUT2D eigenvalue weighted by molar-refractivity contribution is -0.385. The highest BCUT2D eigenvalue weighted by Gasteiger charge is 2.17. The fourth-order valence-electron chi connectivity index (χ4n) is 2.86. The lowest BCUT2D eigenvalue weighted by atomic mass is 10.1. The molecule has 0 aliphatic heterocycles. The number of nitro groups is 1. The van der Waals surface area contributed by atoms with Crippen molar-refractivity contribution in [3.63, 3.8) is 0 Å². The molecule has 23 heavy (non-hydrogen) atoms. The van der Waals surface area contributed by atoms with Crippen LogP contribution in [0.3, 0.4) is 0 Å². The van der Waals surface area contributed by atoms with Gasteiger partial charge in [0, 0.05) is 17.3 Å². The van der Waals surface area contributed by atoms with Crippen molar-refractivity contribution in [3.05, 3.63) is 81.5 Å². The van der Waals surface area contributed by atoms with Crippen LogP contribution in [0.25, 0.3) is 16.9 Å². The molecule has 0 bridgehead atoms. The molecule has 1 aromatic heterocycles. The second-order valence-electron chi connectivity index (χ2n) is 5.73. The molecule has 1 heterocycles. The smallest absolute Gasteiger partial charge is 0.274 e. The third-order valence-corrected chi connectivity index (χ3v) is 4.23. The maximum absolute atomic E-state index is 11.3. The van der Waals surface area contributed by atoms with E-state index in [2.05, 4.69) is 4.57 Å². The fraction of sp³-hybridized carbons (Fsp3) is 0.158. The second-order valence-corrected chi connectivity index (χ2v) is 5.73. The van der Waals surface area contributed by atoms with Crippen molar-refractivity contribution in [3.8, 4) is 16.9 Å². The zero-order valence-electron chi connectivity index (χ0n) is 13.4. The van der Waals surface area contributed by atoms with Gasteiger partial charge in [-0.1, -0.05) is 30.3 Å². The van der Waals surface area contributed by atoms with E-state index in [0.717, 1.165) is 28.2 Å². The Morgan fingerprint density at radius 3 is 2.30 bits per heavy atom. The number of benzene rings is 2. The van der Waals surface area contributed by atoms with Gasteiger partial charge in [0.15, 0.2) is 0 Å². The van der Waals surface area contributed by atoms with Crippen LogP contribution in [0, 0.1) is 30.9 Å². The Morgan fingerprint density at radius 2 is 1.65 bits per heavy atom. The Morgan fingerprint density at radius 1 is 0.957 bits per heavy atom. The minimum absolute atomic E-state index is 0.159. The first kappa shape index (κ1) is 15.0. The molecule has 0 fully saturated rings. The van der Waals surface area contributed by atoms with Gasteiger partial charge in [-0.3, -0.25) is 10.1 Å². The number of nitro benzene ring substituents is 1. The van der Waals surface area contributed by atoms with Crippen LogP contribution in [0.2, 0.25) is 0 Å². The molecule has 0 radical (unpaired) electrons. The van der Waals surface area contributed by atoms with Crippen LogP contribution in [0.15, 0.2) is 54.6 Å². The van der Waals surface area contributed by atoms with E-state index in [0.29, 0.717) is 5.56 Å². The number of nitrogens with zero attached hydrogens (tertiary/aromatic N) is 2. The van der Waals surface area contributed by atoms with Crippen molar-refractivity contribution < 1.29 is 4.92 Å². The van der Waals surface area contributed by atoms with Gasteiger partial charge in [-0.15, -0.1) is 0 Å². The summed E-state index contributed by atoms with van der Waals surface area (Å²) in [6.45, 7) is 5.71. The van der Waals surface area contributed by atoms with Gasteiger partial charge in [-0.2, -0.15) is 0 Å². The van der Waals surface area contributed by atoms with E-state index < -0.39 is 0 Å². The summed E-state index contributed by atoms with van der Waals surface area (Å²) in [5.74, 6) is 0. The SMILES string of the molecule is Cc1cc(-n2c(C)ccc2-c2ccccc2)cc([N+](=O)[O-])c1C. The van der Waals surface area contributed by atoms with Crippen LogP contribution in [-0.4, -0.2) is 9.49 Å². The van der Waals surface area contributed by atoms with Crippen molar-refractivity contribution in [1.29, 1.82) is 0 Å². The summed E-state index contributed by atoms with van der Waals surface area (Å²) < 4.78 is 2.06. The number of hydrogen-bond acceptors (Lipinski definition) is 2. The van der Waals surface area contributed by atoms with Crippen molar-refractivity contribution in [2.24, 2.45) is 0 Å². The summed E-state index contributed by atoms with van der Waals surface area (Å²) in [6, 6.07) is 17.8. The highest BCUT2D eigenvalue weighted by atomic mass is 16.6. The van der Waals surface area contributed by atoms with E-state index in [9.17, 15) is 10.1 Å². The number of aromatic nitrogens is 1. The first-order valence-electron chi connectivity index (χ1n) is 7.49. The Kier molecular flexibility index (Phi) is 3.74. The minimum Gasteiger partial charge on any atom is -0.314 e. The lowest BCUT2D eigenvalue weighted by Gasteiger charge is -2.14. The molecule has 0 saturated heterocycles. The lowest BCUT2D eigenvalue weighted by Crippen LogP contribution is -2.02. The fourth-order valence-corrected chi connectivity index (χ4v) is 2.86. The van der Waals surface area contributed by atoms with E-state index in [1.807, 2.05) is 62.4 Å².